The molecule has 1 atom stereocenters. The fourth-order valence-electron chi connectivity index (χ4n) is 3.86. The van der Waals surface area contributed by atoms with Crippen molar-refractivity contribution in [1.29, 1.82) is 0 Å². The highest BCUT2D eigenvalue weighted by atomic mass is 16.6. The maximum absolute atomic E-state index is 11.3. The molecule has 10 heteroatoms. The molecule has 1 N–H and O–H groups in total. The van der Waals surface area contributed by atoms with Gasteiger partial charge in [-0.05, 0) is 5.56 Å². The van der Waals surface area contributed by atoms with Crippen molar-refractivity contribution >= 4 is 10.8 Å². The van der Waals surface area contributed by atoms with Gasteiger partial charge in [-0.25, -0.2) is 0 Å². The van der Waals surface area contributed by atoms with Gasteiger partial charge in [0.1, 0.15) is 18.1 Å². The largest absolute Gasteiger partial charge is 0.496 e. The topological polar surface area (TPSA) is 119 Å². The number of rotatable bonds is 11. The second kappa shape index (κ2) is 10.8. The van der Waals surface area contributed by atoms with Gasteiger partial charge in [0.2, 0.25) is 6.54 Å². The van der Waals surface area contributed by atoms with Crippen molar-refractivity contribution in [3.05, 3.63) is 57.6 Å². The van der Waals surface area contributed by atoms with E-state index in [9.17, 15) is 15.2 Å². The Morgan fingerprint density at radius 2 is 1.44 bits per heavy atom. The third kappa shape index (κ3) is 4.58. The van der Waals surface area contributed by atoms with Crippen molar-refractivity contribution in [3.63, 3.8) is 0 Å². The summed E-state index contributed by atoms with van der Waals surface area (Å²) in [5.74, 6) is 1.39. The van der Waals surface area contributed by atoms with Crippen molar-refractivity contribution in [3.8, 4) is 34.5 Å². The normalized spacial score (nSPS) is 11.6. The summed E-state index contributed by atoms with van der Waals surface area (Å²) in [7, 11) is 7.22. The number of ether oxygens (including phenoxy) is 6. The molecule has 0 bridgehead atoms. The van der Waals surface area contributed by atoms with Crippen LogP contribution in [0.4, 0.5) is 0 Å². The van der Waals surface area contributed by atoms with Gasteiger partial charge in [0, 0.05) is 11.0 Å². The molecule has 182 valence electrons. The first kappa shape index (κ1) is 24.7. The number of nitrogens with zero attached hydrogens (tertiary/aromatic N) is 1. The Labute approximate surface area is 196 Å². The second-order valence-corrected chi connectivity index (χ2v) is 7.18. The Kier molecular flexibility index (Phi) is 7.85. The summed E-state index contributed by atoms with van der Waals surface area (Å²) in [4.78, 5) is 10.7. The first-order valence-corrected chi connectivity index (χ1v) is 10.3. The van der Waals surface area contributed by atoms with Gasteiger partial charge in [-0.15, -0.1) is 0 Å². The van der Waals surface area contributed by atoms with E-state index in [2.05, 4.69) is 0 Å². The average molecular weight is 473 g/mol. The minimum atomic E-state index is -1.56. The minimum Gasteiger partial charge on any atom is -0.496 e. The average Bonchev–Trinajstić information content (AvgIpc) is 2.85. The van der Waals surface area contributed by atoms with Gasteiger partial charge in [-0.3, -0.25) is 10.1 Å². The molecule has 3 aromatic rings. The van der Waals surface area contributed by atoms with E-state index in [1.807, 2.05) is 30.3 Å². The SMILES string of the molecule is COc1cc(OC)c2c(OC)c(C(O)C[N+](=O)[O-])c(OCc3ccccc3)c(OC)c2c1OC. The summed E-state index contributed by atoms with van der Waals surface area (Å²) in [5.41, 5.74) is 0.901. The molecule has 0 saturated heterocycles. The zero-order valence-electron chi connectivity index (χ0n) is 19.6. The molecule has 0 heterocycles. The quantitative estimate of drug-likeness (QED) is 0.328. The molecule has 0 aliphatic rings. The number of methoxy groups -OCH3 is 5. The fourth-order valence-corrected chi connectivity index (χ4v) is 3.86. The van der Waals surface area contributed by atoms with Crippen LogP contribution in [0.3, 0.4) is 0 Å². The highest BCUT2D eigenvalue weighted by molar-refractivity contribution is 6.06. The van der Waals surface area contributed by atoms with Crippen LogP contribution in [0.5, 0.6) is 34.5 Å². The highest BCUT2D eigenvalue weighted by Gasteiger charge is 2.34. The Hall–Kier alpha value is -3.92. The van der Waals surface area contributed by atoms with Crippen molar-refractivity contribution in [2.75, 3.05) is 42.1 Å². The first-order chi connectivity index (χ1) is 16.4. The number of benzene rings is 3. The van der Waals surface area contributed by atoms with Gasteiger partial charge in [-0.1, -0.05) is 30.3 Å². The van der Waals surface area contributed by atoms with E-state index >= 15 is 0 Å². The van der Waals surface area contributed by atoms with Crippen molar-refractivity contribution < 1.29 is 38.5 Å². The van der Waals surface area contributed by atoms with Crippen LogP contribution in [0.15, 0.2) is 36.4 Å². The van der Waals surface area contributed by atoms with Crippen LogP contribution in [-0.4, -0.2) is 52.1 Å². The standard InChI is InChI=1S/C24H27NO9/c1-29-16-11-17(30-2)21(31-3)20-19(16)22(32-4)18(15(26)12-25(27)28)24(23(20)33-5)34-13-14-9-7-6-8-10-14/h6-11,15,26H,12-13H2,1-5H3. The van der Waals surface area contributed by atoms with Crippen LogP contribution in [0.2, 0.25) is 0 Å². The maximum Gasteiger partial charge on any atom is 0.233 e. The van der Waals surface area contributed by atoms with Crippen LogP contribution in [0.1, 0.15) is 17.2 Å². The summed E-state index contributed by atoms with van der Waals surface area (Å²) in [5, 5.41) is 22.9. The minimum absolute atomic E-state index is 0.0602. The van der Waals surface area contributed by atoms with Gasteiger partial charge in [-0.2, -0.15) is 0 Å². The Morgan fingerprint density at radius 3 is 1.97 bits per heavy atom. The molecule has 0 saturated carbocycles. The van der Waals surface area contributed by atoms with Crippen molar-refractivity contribution in [1.82, 2.24) is 0 Å². The molecule has 0 aromatic heterocycles. The van der Waals surface area contributed by atoms with E-state index in [1.165, 1.54) is 35.5 Å². The number of aliphatic hydroxyl groups is 1. The Balaban J connectivity index is 2.44. The maximum atomic E-state index is 11.3. The van der Waals surface area contributed by atoms with Crippen LogP contribution >= 0.6 is 0 Å². The molecular weight excluding hydrogens is 446 g/mol. The Morgan fingerprint density at radius 1 is 0.824 bits per heavy atom. The fraction of sp³-hybridized carbons (Fsp3) is 0.333. The predicted molar refractivity (Wildman–Crippen MR) is 124 cm³/mol. The van der Waals surface area contributed by atoms with E-state index in [0.717, 1.165) is 5.56 Å². The summed E-state index contributed by atoms with van der Waals surface area (Å²) in [6.45, 7) is -0.671. The summed E-state index contributed by atoms with van der Waals surface area (Å²) < 4.78 is 34.2. The molecular formula is C24H27NO9. The number of nitro groups is 1. The third-order valence-corrected chi connectivity index (χ3v) is 5.29. The first-order valence-electron chi connectivity index (χ1n) is 10.3. The highest BCUT2D eigenvalue weighted by Crippen LogP contribution is 2.56. The van der Waals surface area contributed by atoms with E-state index < -0.39 is 17.6 Å². The monoisotopic (exact) mass is 473 g/mol. The number of hydrogen-bond donors (Lipinski definition) is 1. The lowest BCUT2D eigenvalue weighted by molar-refractivity contribution is -0.491. The van der Waals surface area contributed by atoms with Crippen molar-refractivity contribution in [2.24, 2.45) is 0 Å². The summed E-state index contributed by atoms with van der Waals surface area (Å²) in [6, 6.07) is 10.9. The predicted octanol–water partition coefficient (Wildman–Crippen LogP) is 3.77. The van der Waals surface area contributed by atoms with E-state index in [4.69, 9.17) is 28.4 Å². The molecule has 0 spiro atoms. The van der Waals surface area contributed by atoms with Gasteiger partial charge in [0.05, 0.1) is 51.9 Å². The number of aliphatic hydroxyl groups excluding tert-OH is 1. The number of hydrogen-bond acceptors (Lipinski definition) is 9. The molecule has 0 radical (unpaired) electrons. The molecule has 3 rings (SSSR count). The zero-order valence-corrected chi connectivity index (χ0v) is 19.6. The van der Waals surface area contributed by atoms with Crippen molar-refractivity contribution in [2.45, 2.75) is 12.7 Å². The van der Waals surface area contributed by atoms with Gasteiger partial charge in [0.15, 0.2) is 29.1 Å². The lowest BCUT2D eigenvalue weighted by atomic mass is 9.96. The molecule has 1 unspecified atom stereocenters. The van der Waals surface area contributed by atoms with Gasteiger partial charge < -0.3 is 33.5 Å². The lowest BCUT2D eigenvalue weighted by Crippen LogP contribution is -2.15. The van der Waals surface area contributed by atoms with Gasteiger partial charge >= 0.3 is 0 Å². The van der Waals surface area contributed by atoms with Crippen LogP contribution in [0.25, 0.3) is 10.8 Å². The van der Waals surface area contributed by atoms with Crippen LogP contribution in [0, 0.1) is 10.1 Å². The molecule has 10 nitrogen and oxygen atoms in total. The molecule has 0 aliphatic heterocycles. The zero-order chi connectivity index (χ0) is 24.8. The van der Waals surface area contributed by atoms with Gasteiger partial charge in [0.25, 0.3) is 0 Å². The molecule has 34 heavy (non-hydrogen) atoms. The second-order valence-electron chi connectivity index (χ2n) is 7.18. The van der Waals surface area contributed by atoms with E-state index in [0.29, 0.717) is 28.0 Å². The van der Waals surface area contributed by atoms with Crippen LogP contribution in [-0.2, 0) is 6.61 Å². The molecule has 0 amide bonds. The summed E-state index contributed by atoms with van der Waals surface area (Å²) in [6.07, 6.45) is -1.56. The molecule has 0 aliphatic carbocycles. The van der Waals surface area contributed by atoms with E-state index in [-0.39, 0.29) is 29.4 Å². The molecule has 0 fully saturated rings. The molecule has 3 aromatic carbocycles. The van der Waals surface area contributed by atoms with E-state index in [1.54, 1.807) is 6.07 Å². The Bertz CT molecular complexity index is 1160. The third-order valence-electron chi connectivity index (χ3n) is 5.29. The lowest BCUT2D eigenvalue weighted by Gasteiger charge is -2.25. The summed E-state index contributed by atoms with van der Waals surface area (Å²) >= 11 is 0. The number of fused-ring (bicyclic) bond motifs is 1. The smallest absolute Gasteiger partial charge is 0.233 e. The van der Waals surface area contributed by atoms with Crippen LogP contribution < -0.4 is 28.4 Å².